The fourth-order valence-electron chi connectivity index (χ4n) is 0.837. The second-order valence-electron chi connectivity index (χ2n) is 2.27. The van der Waals surface area contributed by atoms with Gasteiger partial charge in [-0.1, -0.05) is 11.3 Å². The summed E-state index contributed by atoms with van der Waals surface area (Å²) >= 11 is 1.46. The smallest absolute Gasteiger partial charge is 0.209 e. The number of hydrogen-bond acceptors (Lipinski definition) is 5. The molecule has 0 aromatic carbocycles. The summed E-state index contributed by atoms with van der Waals surface area (Å²) in [6.07, 6.45) is 3.61. The van der Waals surface area contributed by atoms with Gasteiger partial charge < -0.3 is 5.32 Å². The minimum absolute atomic E-state index is 0.781. The van der Waals surface area contributed by atoms with Gasteiger partial charge in [-0.2, -0.15) is 5.10 Å². The van der Waals surface area contributed by atoms with E-state index in [0.717, 1.165) is 10.8 Å². The van der Waals surface area contributed by atoms with E-state index in [4.69, 9.17) is 0 Å². The molecule has 0 unspecified atom stereocenters. The standard InChI is InChI=1S/C6H7N5S/c1-11-3-5(2-8-11)9-6-10-7-4-12-6/h2-4H,1H3,(H,9,10). The Kier molecular flexibility index (Phi) is 1.75. The molecule has 0 radical (unpaired) electrons. The summed E-state index contributed by atoms with van der Waals surface area (Å²) in [6, 6.07) is 0. The molecule has 0 saturated heterocycles. The predicted octanol–water partition coefficient (Wildman–Crippen LogP) is 1.02. The topological polar surface area (TPSA) is 55.6 Å². The number of anilines is 2. The molecule has 0 fully saturated rings. The Bertz CT molecular complexity index is 352. The second-order valence-corrected chi connectivity index (χ2v) is 3.10. The van der Waals surface area contributed by atoms with Gasteiger partial charge in [-0.05, 0) is 0 Å². The number of hydrogen-bond donors (Lipinski definition) is 1. The molecule has 0 aliphatic rings. The molecule has 0 aliphatic heterocycles. The Morgan fingerprint density at radius 2 is 2.50 bits per heavy atom. The first-order valence-corrected chi connectivity index (χ1v) is 4.24. The molecule has 0 aliphatic carbocycles. The summed E-state index contributed by atoms with van der Waals surface area (Å²) in [4.78, 5) is 0. The SMILES string of the molecule is Cn1cc(Nc2nncs2)cn1. The zero-order chi connectivity index (χ0) is 8.39. The highest BCUT2D eigenvalue weighted by Crippen LogP contribution is 2.15. The van der Waals surface area contributed by atoms with Crippen molar-refractivity contribution in [1.29, 1.82) is 0 Å². The van der Waals surface area contributed by atoms with Gasteiger partial charge in [0.2, 0.25) is 5.13 Å². The number of nitrogens with zero attached hydrogens (tertiary/aromatic N) is 4. The normalized spacial score (nSPS) is 10.1. The van der Waals surface area contributed by atoms with Crippen LogP contribution in [-0.4, -0.2) is 20.0 Å². The largest absolute Gasteiger partial charge is 0.328 e. The molecule has 0 atom stereocenters. The van der Waals surface area contributed by atoms with Crippen molar-refractivity contribution >= 4 is 22.2 Å². The zero-order valence-electron chi connectivity index (χ0n) is 6.43. The lowest BCUT2D eigenvalue weighted by Crippen LogP contribution is -1.87. The van der Waals surface area contributed by atoms with Crippen LogP contribution in [0.2, 0.25) is 0 Å². The van der Waals surface area contributed by atoms with E-state index in [-0.39, 0.29) is 0 Å². The van der Waals surface area contributed by atoms with Crippen molar-refractivity contribution in [3.8, 4) is 0 Å². The van der Waals surface area contributed by atoms with Crippen molar-refractivity contribution in [2.24, 2.45) is 7.05 Å². The van der Waals surface area contributed by atoms with E-state index >= 15 is 0 Å². The lowest BCUT2D eigenvalue weighted by molar-refractivity contribution is 0.768. The van der Waals surface area contributed by atoms with Crippen molar-refractivity contribution in [1.82, 2.24) is 20.0 Å². The van der Waals surface area contributed by atoms with Gasteiger partial charge in [-0.15, -0.1) is 10.2 Å². The third-order valence-electron chi connectivity index (χ3n) is 1.32. The number of aryl methyl sites for hydroxylation is 1. The van der Waals surface area contributed by atoms with Gasteiger partial charge in [0.25, 0.3) is 0 Å². The van der Waals surface area contributed by atoms with Crippen LogP contribution in [0, 0.1) is 0 Å². The molecule has 0 bridgehead atoms. The van der Waals surface area contributed by atoms with Crippen LogP contribution >= 0.6 is 11.3 Å². The minimum atomic E-state index is 0.781. The van der Waals surface area contributed by atoms with Gasteiger partial charge in [0, 0.05) is 13.2 Å². The molecule has 6 heteroatoms. The molecule has 0 spiro atoms. The third kappa shape index (κ3) is 1.42. The summed E-state index contributed by atoms with van der Waals surface area (Å²) < 4.78 is 1.73. The number of aromatic nitrogens is 4. The average Bonchev–Trinajstić information content (AvgIpc) is 2.63. The molecule has 5 nitrogen and oxygen atoms in total. The van der Waals surface area contributed by atoms with Gasteiger partial charge in [-0.25, -0.2) is 0 Å². The maximum absolute atomic E-state index is 4.01. The summed E-state index contributed by atoms with van der Waals surface area (Å²) in [5.41, 5.74) is 2.60. The molecule has 2 heterocycles. The molecule has 0 amide bonds. The molecule has 2 aromatic heterocycles. The first kappa shape index (κ1) is 7.23. The van der Waals surface area contributed by atoms with E-state index < -0.39 is 0 Å². The highest BCUT2D eigenvalue weighted by Gasteiger charge is 1.98. The quantitative estimate of drug-likeness (QED) is 0.751. The van der Waals surface area contributed by atoms with Crippen LogP contribution in [0.4, 0.5) is 10.8 Å². The molecule has 2 aromatic rings. The van der Waals surface area contributed by atoms with Gasteiger partial charge in [0.1, 0.15) is 5.51 Å². The first-order valence-electron chi connectivity index (χ1n) is 3.36. The van der Waals surface area contributed by atoms with Crippen LogP contribution in [0.15, 0.2) is 17.9 Å². The van der Waals surface area contributed by atoms with Crippen molar-refractivity contribution in [3.63, 3.8) is 0 Å². The Morgan fingerprint density at radius 1 is 1.58 bits per heavy atom. The Labute approximate surface area is 73.1 Å². The minimum Gasteiger partial charge on any atom is -0.328 e. The molecule has 12 heavy (non-hydrogen) atoms. The maximum atomic E-state index is 4.01. The van der Waals surface area contributed by atoms with Gasteiger partial charge >= 0.3 is 0 Å². The lowest BCUT2D eigenvalue weighted by Gasteiger charge is -1.93. The lowest BCUT2D eigenvalue weighted by atomic mass is 10.6. The zero-order valence-corrected chi connectivity index (χ0v) is 7.25. The van der Waals surface area contributed by atoms with E-state index in [1.165, 1.54) is 11.3 Å². The molecule has 1 N–H and O–H groups in total. The predicted molar refractivity (Wildman–Crippen MR) is 46.4 cm³/mol. The Balaban J connectivity index is 2.14. The summed E-state index contributed by atoms with van der Waals surface area (Å²) in [7, 11) is 1.87. The fraction of sp³-hybridized carbons (Fsp3) is 0.167. The van der Waals surface area contributed by atoms with Crippen LogP contribution in [0.3, 0.4) is 0 Å². The van der Waals surface area contributed by atoms with Crippen LogP contribution < -0.4 is 5.32 Å². The van der Waals surface area contributed by atoms with Gasteiger partial charge in [-0.3, -0.25) is 4.68 Å². The van der Waals surface area contributed by atoms with Crippen molar-refractivity contribution in [2.45, 2.75) is 0 Å². The van der Waals surface area contributed by atoms with Gasteiger partial charge in [0.05, 0.1) is 11.9 Å². The summed E-state index contributed by atoms with van der Waals surface area (Å²) in [6.45, 7) is 0. The second kappa shape index (κ2) is 2.90. The number of rotatable bonds is 2. The van der Waals surface area contributed by atoms with Crippen molar-refractivity contribution in [2.75, 3.05) is 5.32 Å². The van der Waals surface area contributed by atoms with Crippen molar-refractivity contribution < 1.29 is 0 Å². The molecule has 62 valence electrons. The third-order valence-corrected chi connectivity index (χ3v) is 1.92. The Morgan fingerprint density at radius 3 is 3.08 bits per heavy atom. The average molecular weight is 181 g/mol. The van der Waals surface area contributed by atoms with Crippen molar-refractivity contribution in [3.05, 3.63) is 17.9 Å². The summed E-state index contributed by atoms with van der Waals surface area (Å²) in [5.74, 6) is 0. The molecule has 2 rings (SSSR count). The fourth-order valence-corrected chi connectivity index (χ4v) is 1.30. The van der Waals surface area contributed by atoms with Crippen LogP contribution in [0.5, 0.6) is 0 Å². The highest BCUT2D eigenvalue weighted by atomic mass is 32.1. The van der Waals surface area contributed by atoms with Crippen LogP contribution in [0.25, 0.3) is 0 Å². The monoisotopic (exact) mass is 181 g/mol. The first-order chi connectivity index (χ1) is 5.84. The number of nitrogens with one attached hydrogen (secondary N) is 1. The Hall–Kier alpha value is -1.43. The summed E-state index contributed by atoms with van der Waals surface area (Å²) in [5, 5.41) is 15.4. The molecular weight excluding hydrogens is 174 g/mol. The van der Waals surface area contributed by atoms with E-state index in [2.05, 4.69) is 20.6 Å². The van der Waals surface area contributed by atoms with E-state index in [9.17, 15) is 0 Å². The van der Waals surface area contributed by atoms with E-state index in [1.54, 1.807) is 16.4 Å². The highest BCUT2D eigenvalue weighted by molar-refractivity contribution is 7.13. The van der Waals surface area contributed by atoms with Crippen LogP contribution in [0.1, 0.15) is 0 Å². The van der Waals surface area contributed by atoms with Gasteiger partial charge in [0.15, 0.2) is 0 Å². The van der Waals surface area contributed by atoms with Crippen LogP contribution in [-0.2, 0) is 7.05 Å². The molecule has 0 saturated carbocycles. The van der Waals surface area contributed by atoms with E-state index in [0.29, 0.717) is 0 Å². The maximum Gasteiger partial charge on any atom is 0.209 e. The van der Waals surface area contributed by atoms with E-state index in [1.807, 2.05) is 13.2 Å². The molecular formula is C6H7N5S.